The van der Waals surface area contributed by atoms with Crippen LogP contribution >= 0.6 is 0 Å². The first-order valence-corrected chi connectivity index (χ1v) is 12.7. The Hall–Kier alpha value is -4.92. The highest BCUT2D eigenvalue weighted by atomic mass is 16.1. The molecule has 1 aliphatic carbocycles. The average Bonchev–Trinajstić information content (AvgIpc) is 3.73. The van der Waals surface area contributed by atoms with Gasteiger partial charge in [-0.05, 0) is 37.1 Å². The highest BCUT2D eigenvalue weighted by molar-refractivity contribution is 6.01. The molecule has 0 aromatic carbocycles. The molecular formula is C29H24N8O. The molecule has 7 rings (SSSR count). The van der Waals surface area contributed by atoms with Gasteiger partial charge in [-0.15, -0.1) is 0 Å². The van der Waals surface area contributed by atoms with Crippen molar-refractivity contribution in [1.82, 2.24) is 35.1 Å². The first-order chi connectivity index (χ1) is 18.7. The summed E-state index contributed by atoms with van der Waals surface area (Å²) in [7, 11) is 0. The van der Waals surface area contributed by atoms with Crippen LogP contribution in [-0.4, -0.2) is 41.0 Å². The summed E-state index contributed by atoms with van der Waals surface area (Å²) in [5.74, 6) is 0.160. The Morgan fingerprint density at radius 1 is 0.868 bits per heavy atom. The summed E-state index contributed by atoms with van der Waals surface area (Å²) in [5.41, 5.74) is 7.66. The zero-order chi connectivity index (χ0) is 25.5. The molecule has 1 aliphatic rings. The second-order valence-corrected chi connectivity index (χ2v) is 9.69. The summed E-state index contributed by atoms with van der Waals surface area (Å²) in [6.45, 7) is 0. The molecule has 0 saturated heterocycles. The van der Waals surface area contributed by atoms with Crippen LogP contribution in [0.4, 0.5) is 5.69 Å². The SMILES string of the molecule is O=C(Nc1cncc(-c2cc3c(-c4cc5c(-c6cccnc6)cncc5[nH]4)n[nH]c3cn2)c1)C1CCCC1. The summed E-state index contributed by atoms with van der Waals surface area (Å²) >= 11 is 0. The number of aromatic nitrogens is 7. The van der Waals surface area contributed by atoms with E-state index < -0.39 is 0 Å². The Balaban J connectivity index is 1.25. The lowest BCUT2D eigenvalue weighted by Gasteiger charge is -2.11. The van der Waals surface area contributed by atoms with Gasteiger partial charge in [-0.1, -0.05) is 18.9 Å². The van der Waals surface area contributed by atoms with Crippen LogP contribution in [0.5, 0.6) is 0 Å². The molecule has 0 radical (unpaired) electrons. The average molecular weight is 501 g/mol. The first kappa shape index (κ1) is 22.3. The lowest BCUT2D eigenvalue weighted by molar-refractivity contribution is -0.119. The number of carbonyl (C=O) groups excluding carboxylic acids is 1. The standard InChI is InChI=1S/C29H24N8O/c38-29(17-4-1-2-5-17)34-20-8-19(12-31-13-20)24-10-22-27(16-33-24)36-37-28(22)25-9-21-23(14-32-15-26(21)35-25)18-6-3-7-30-11-18/h3,6-17,35H,1-2,4-5H2,(H,34,38)(H,36,37). The molecule has 0 atom stereocenters. The molecule has 9 nitrogen and oxygen atoms in total. The van der Waals surface area contributed by atoms with E-state index in [1.807, 2.05) is 42.9 Å². The number of hydrogen-bond donors (Lipinski definition) is 3. The number of nitrogens with one attached hydrogen (secondary N) is 3. The molecule has 3 N–H and O–H groups in total. The number of rotatable bonds is 5. The first-order valence-electron chi connectivity index (χ1n) is 12.7. The third-order valence-electron chi connectivity index (χ3n) is 7.25. The molecule has 6 aromatic heterocycles. The number of fused-ring (bicyclic) bond motifs is 2. The molecule has 0 unspecified atom stereocenters. The van der Waals surface area contributed by atoms with E-state index in [0.717, 1.165) is 81.3 Å². The monoisotopic (exact) mass is 500 g/mol. The van der Waals surface area contributed by atoms with Crippen molar-refractivity contribution in [3.05, 3.63) is 73.7 Å². The molecule has 186 valence electrons. The number of amides is 1. The molecule has 1 fully saturated rings. The van der Waals surface area contributed by atoms with Crippen molar-refractivity contribution in [2.45, 2.75) is 25.7 Å². The number of nitrogens with zero attached hydrogens (tertiary/aromatic N) is 5. The second kappa shape index (κ2) is 9.19. The van der Waals surface area contributed by atoms with Crippen LogP contribution in [0.25, 0.3) is 55.6 Å². The lowest BCUT2D eigenvalue weighted by atomic mass is 10.1. The van der Waals surface area contributed by atoms with E-state index in [-0.39, 0.29) is 11.8 Å². The fraction of sp³-hybridized carbons (Fsp3) is 0.172. The van der Waals surface area contributed by atoms with Crippen LogP contribution in [-0.2, 0) is 4.79 Å². The van der Waals surface area contributed by atoms with Gasteiger partial charge in [0, 0.05) is 58.2 Å². The van der Waals surface area contributed by atoms with Crippen LogP contribution in [0.1, 0.15) is 25.7 Å². The van der Waals surface area contributed by atoms with Crippen molar-refractivity contribution >= 4 is 33.4 Å². The Kier molecular flexibility index (Phi) is 5.39. The predicted molar refractivity (Wildman–Crippen MR) is 146 cm³/mol. The van der Waals surface area contributed by atoms with E-state index >= 15 is 0 Å². The summed E-state index contributed by atoms with van der Waals surface area (Å²) in [6, 6.07) is 9.95. The van der Waals surface area contributed by atoms with Gasteiger partial charge in [-0.25, -0.2) is 0 Å². The van der Waals surface area contributed by atoms with Gasteiger partial charge in [0.2, 0.25) is 5.91 Å². The third kappa shape index (κ3) is 3.98. The van der Waals surface area contributed by atoms with Crippen LogP contribution < -0.4 is 5.32 Å². The quantitative estimate of drug-likeness (QED) is 0.277. The fourth-order valence-corrected chi connectivity index (χ4v) is 5.29. The van der Waals surface area contributed by atoms with E-state index in [1.54, 1.807) is 24.8 Å². The van der Waals surface area contributed by atoms with Crippen LogP contribution in [0.3, 0.4) is 0 Å². The summed E-state index contributed by atoms with van der Waals surface area (Å²) in [4.78, 5) is 33.7. The van der Waals surface area contributed by atoms with Crippen LogP contribution in [0, 0.1) is 5.92 Å². The van der Waals surface area contributed by atoms with E-state index in [0.29, 0.717) is 5.69 Å². The molecule has 9 heteroatoms. The van der Waals surface area contributed by atoms with Crippen molar-refractivity contribution in [1.29, 1.82) is 0 Å². The summed E-state index contributed by atoms with van der Waals surface area (Å²) in [5, 5.41) is 12.7. The Bertz CT molecular complexity index is 1780. The number of H-pyrrole nitrogens is 2. The predicted octanol–water partition coefficient (Wildman–Crippen LogP) is 5.75. The number of pyridine rings is 4. The Morgan fingerprint density at radius 2 is 1.74 bits per heavy atom. The van der Waals surface area contributed by atoms with Gasteiger partial charge in [0.05, 0.1) is 46.7 Å². The second-order valence-electron chi connectivity index (χ2n) is 9.69. The molecule has 0 aliphatic heterocycles. The summed E-state index contributed by atoms with van der Waals surface area (Å²) < 4.78 is 0. The van der Waals surface area contributed by atoms with Gasteiger partial charge in [-0.3, -0.25) is 29.8 Å². The molecule has 0 bridgehead atoms. The van der Waals surface area contributed by atoms with Gasteiger partial charge < -0.3 is 10.3 Å². The van der Waals surface area contributed by atoms with Crippen LogP contribution in [0.2, 0.25) is 0 Å². The largest absolute Gasteiger partial charge is 0.352 e. The molecule has 6 heterocycles. The molecule has 6 aromatic rings. The zero-order valence-electron chi connectivity index (χ0n) is 20.5. The normalized spacial score (nSPS) is 13.9. The van der Waals surface area contributed by atoms with Gasteiger partial charge in [0.15, 0.2) is 0 Å². The topological polar surface area (TPSA) is 125 Å². The Labute approximate surface area is 217 Å². The maximum Gasteiger partial charge on any atom is 0.227 e. The highest BCUT2D eigenvalue weighted by Crippen LogP contribution is 2.34. The fourth-order valence-electron chi connectivity index (χ4n) is 5.29. The molecule has 38 heavy (non-hydrogen) atoms. The van der Waals surface area contributed by atoms with Gasteiger partial charge in [-0.2, -0.15) is 5.10 Å². The van der Waals surface area contributed by atoms with Crippen molar-refractivity contribution in [3.63, 3.8) is 0 Å². The van der Waals surface area contributed by atoms with E-state index in [1.165, 1.54) is 0 Å². The summed E-state index contributed by atoms with van der Waals surface area (Å²) in [6.07, 6.45) is 16.6. The maximum atomic E-state index is 12.6. The van der Waals surface area contributed by atoms with E-state index in [9.17, 15) is 4.79 Å². The van der Waals surface area contributed by atoms with Crippen molar-refractivity contribution in [2.75, 3.05) is 5.32 Å². The molecule has 1 amide bonds. The van der Waals surface area contributed by atoms with Crippen molar-refractivity contribution < 1.29 is 4.79 Å². The number of aromatic amines is 2. The lowest BCUT2D eigenvalue weighted by Crippen LogP contribution is -2.20. The number of anilines is 1. The molecule has 1 saturated carbocycles. The van der Waals surface area contributed by atoms with Gasteiger partial charge in [0.25, 0.3) is 0 Å². The zero-order valence-corrected chi connectivity index (χ0v) is 20.5. The molecular weight excluding hydrogens is 476 g/mol. The van der Waals surface area contributed by atoms with Gasteiger partial charge >= 0.3 is 0 Å². The maximum absolute atomic E-state index is 12.6. The minimum absolute atomic E-state index is 0.0703. The number of hydrogen-bond acceptors (Lipinski definition) is 6. The van der Waals surface area contributed by atoms with Crippen LogP contribution in [0.15, 0.2) is 73.7 Å². The molecule has 0 spiro atoms. The van der Waals surface area contributed by atoms with Gasteiger partial charge in [0.1, 0.15) is 5.69 Å². The smallest absolute Gasteiger partial charge is 0.227 e. The third-order valence-corrected chi connectivity index (χ3v) is 7.25. The van der Waals surface area contributed by atoms with Crippen molar-refractivity contribution in [3.8, 4) is 33.8 Å². The minimum Gasteiger partial charge on any atom is -0.352 e. The Morgan fingerprint density at radius 3 is 2.61 bits per heavy atom. The van der Waals surface area contributed by atoms with Crippen molar-refractivity contribution in [2.24, 2.45) is 5.92 Å². The highest BCUT2D eigenvalue weighted by Gasteiger charge is 2.23. The van der Waals surface area contributed by atoms with E-state index in [2.05, 4.69) is 46.5 Å². The number of carbonyl (C=O) groups is 1. The van der Waals surface area contributed by atoms with E-state index in [4.69, 9.17) is 0 Å². The minimum atomic E-state index is 0.0703.